The van der Waals surface area contributed by atoms with Gasteiger partial charge in [0.1, 0.15) is 0 Å². The number of nitrogens with two attached hydrogens (primary N) is 1. The Morgan fingerprint density at radius 2 is 1.40 bits per heavy atom. The van der Waals surface area contributed by atoms with Gasteiger partial charge >= 0.3 is 51.4 Å². The van der Waals surface area contributed by atoms with Gasteiger partial charge in [0.25, 0.3) is 0 Å². The van der Waals surface area contributed by atoms with Crippen LogP contribution in [0.3, 0.4) is 0 Å². The average molecular weight is 644 g/mol. The molecule has 0 radical (unpaired) electrons. The van der Waals surface area contributed by atoms with Crippen LogP contribution < -0.4 is 62.2 Å². The molecule has 43 heavy (non-hydrogen) atoms. The number of allylic oxidation sites excluding steroid dienone is 2. The second-order valence-electron chi connectivity index (χ2n) is 8.21. The summed E-state index contributed by atoms with van der Waals surface area (Å²) >= 11 is 0. The summed E-state index contributed by atoms with van der Waals surface area (Å²) in [6.07, 6.45) is 4.00. The Morgan fingerprint density at radius 1 is 0.953 bits per heavy atom. The molecule has 0 saturated carbocycles. The van der Waals surface area contributed by atoms with E-state index in [1.807, 2.05) is 54.6 Å². The third kappa shape index (κ3) is 29.5. The molecular formula is C31H43ClKN3O7. The van der Waals surface area contributed by atoms with Crippen LogP contribution in [0, 0.1) is 5.41 Å². The van der Waals surface area contributed by atoms with E-state index in [1.54, 1.807) is 20.8 Å². The maximum Gasteiger partial charge on any atom is 1.00 e. The summed E-state index contributed by atoms with van der Waals surface area (Å²) in [4.78, 5) is 45.3. The smallest absolute Gasteiger partial charge is 0.550 e. The van der Waals surface area contributed by atoms with Crippen LogP contribution >= 0.6 is 12.4 Å². The summed E-state index contributed by atoms with van der Waals surface area (Å²) in [5.41, 5.74) is 9.12. The van der Waals surface area contributed by atoms with Gasteiger partial charge in [-0.25, -0.2) is 0 Å². The van der Waals surface area contributed by atoms with E-state index in [0.29, 0.717) is 25.2 Å². The average Bonchev–Trinajstić information content (AvgIpc) is 3.40. The minimum Gasteiger partial charge on any atom is -0.550 e. The third-order valence-electron chi connectivity index (χ3n) is 4.52. The zero-order valence-corrected chi connectivity index (χ0v) is 29.9. The van der Waals surface area contributed by atoms with Gasteiger partial charge in [-0.15, -0.1) is 12.4 Å². The van der Waals surface area contributed by atoms with Gasteiger partial charge in [-0.1, -0.05) is 66.7 Å². The molecule has 2 aromatic carbocycles. The van der Waals surface area contributed by atoms with E-state index in [4.69, 9.17) is 26.2 Å². The number of hydrogen-bond donors (Lipinski definition) is 3. The molecule has 12 heteroatoms. The Morgan fingerprint density at radius 3 is 1.72 bits per heavy atom. The van der Waals surface area contributed by atoms with Crippen molar-refractivity contribution < 1.29 is 85.5 Å². The van der Waals surface area contributed by atoms with Gasteiger partial charge in [0.15, 0.2) is 11.6 Å². The number of nitrogens with zero attached hydrogens (tertiary/aromatic N) is 1. The van der Waals surface area contributed by atoms with Crippen molar-refractivity contribution in [2.24, 2.45) is 10.7 Å². The Hall–Kier alpha value is -2.35. The number of carbonyl (C=O) groups excluding carboxylic acids is 4. The van der Waals surface area contributed by atoms with Gasteiger partial charge in [0, 0.05) is 51.4 Å². The monoisotopic (exact) mass is 643 g/mol. The predicted octanol–water partition coefficient (Wildman–Crippen LogP) is 0.0734. The van der Waals surface area contributed by atoms with Crippen molar-refractivity contribution in [1.29, 1.82) is 5.41 Å². The first-order valence-electron chi connectivity index (χ1n) is 13.0. The van der Waals surface area contributed by atoms with Crippen molar-refractivity contribution in [1.82, 2.24) is 0 Å². The molecule has 1 aliphatic rings. The fourth-order valence-corrected chi connectivity index (χ4v) is 2.76. The summed E-state index contributed by atoms with van der Waals surface area (Å²) in [6, 6.07) is 19.8. The molecule has 0 aliphatic carbocycles. The summed E-state index contributed by atoms with van der Waals surface area (Å²) < 4.78 is 4.54. The van der Waals surface area contributed by atoms with E-state index >= 15 is 0 Å². The van der Waals surface area contributed by atoms with Gasteiger partial charge in [-0.3, -0.25) is 24.8 Å². The number of aliphatic carboxylic acids is 1. The van der Waals surface area contributed by atoms with E-state index in [9.17, 15) is 14.4 Å². The van der Waals surface area contributed by atoms with Crippen molar-refractivity contribution in [3.63, 3.8) is 0 Å². The van der Waals surface area contributed by atoms with Crippen molar-refractivity contribution >= 4 is 47.3 Å². The number of Topliss-reactive ketones (excluding diaryl/α,β-unsaturated/α-hetero) is 3. The number of ketones is 3. The van der Waals surface area contributed by atoms with E-state index < -0.39 is 5.97 Å². The first kappa shape index (κ1) is 47.6. The summed E-state index contributed by atoms with van der Waals surface area (Å²) in [6.45, 7) is 8.03. The second-order valence-corrected chi connectivity index (χ2v) is 8.21. The molecule has 0 amide bonds. The molecule has 1 aliphatic heterocycles. The largest absolute Gasteiger partial charge is 1.00 e. The molecule has 0 atom stereocenters. The number of aliphatic hydroxyl groups excluding tert-OH is 1. The van der Waals surface area contributed by atoms with Gasteiger partial charge in [-0.2, -0.15) is 0 Å². The zero-order chi connectivity index (χ0) is 31.6. The van der Waals surface area contributed by atoms with Crippen LogP contribution in [-0.2, 0) is 36.8 Å². The first-order chi connectivity index (χ1) is 19.4. The molecule has 0 saturated heterocycles. The van der Waals surface area contributed by atoms with Crippen LogP contribution in [0.15, 0.2) is 77.4 Å². The molecular weight excluding hydrogens is 601 g/mol. The van der Waals surface area contributed by atoms with Gasteiger partial charge < -0.3 is 25.5 Å². The van der Waals surface area contributed by atoms with E-state index in [1.165, 1.54) is 12.5 Å². The minimum atomic E-state index is -1.08. The Balaban J connectivity index is -0.000000242. The Kier molecular flexibility index (Phi) is 34.4. The minimum absolute atomic E-state index is 0. The summed E-state index contributed by atoms with van der Waals surface area (Å²) in [5.74, 6) is -1.51. The summed E-state index contributed by atoms with van der Waals surface area (Å²) in [5, 5.41) is 23.2. The number of aliphatic imine (C=N–C) groups is 1. The SMILES string of the molecule is CC(=O)C1=NC(Cc2ccccc2)=CC1.CC(=O)[O-].CCO.CCOC(=N)C(C)=O.Cl.NCC(=O)Cc1ccccc1.[K+]. The number of rotatable bonds is 8. The van der Waals surface area contributed by atoms with Gasteiger partial charge in [0.05, 0.1) is 18.9 Å². The first-order valence-corrected chi connectivity index (χ1v) is 13.0. The number of aliphatic hydroxyl groups is 1. The van der Waals surface area contributed by atoms with Crippen LogP contribution in [0.1, 0.15) is 52.2 Å². The zero-order valence-electron chi connectivity index (χ0n) is 25.9. The van der Waals surface area contributed by atoms with Crippen LogP contribution in [0.25, 0.3) is 0 Å². The number of carbonyl (C=O) groups is 4. The molecule has 0 spiro atoms. The molecule has 0 bridgehead atoms. The number of halogens is 1. The van der Waals surface area contributed by atoms with Crippen LogP contribution in [0.2, 0.25) is 0 Å². The molecule has 0 aromatic heterocycles. The number of hydrogen-bond acceptors (Lipinski definition) is 10. The van der Waals surface area contributed by atoms with E-state index in [0.717, 1.165) is 24.6 Å². The second kappa shape index (κ2) is 31.1. The molecule has 4 N–H and O–H groups in total. The third-order valence-corrected chi connectivity index (χ3v) is 4.52. The standard InChI is InChI=1S/C13H13NO.C9H11NO.C5H9NO2.C2H4O2.C2H6O.ClH.K/c1-10(15)13-8-7-12(14-13)9-11-5-3-2-4-6-11;10-7-9(11)6-8-4-2-1-3-5-8;1-3-8-5(6)4(2)7;1-2(3)4;1-2-3;;/h2-7H,8-9H2,1H3;1-5H,6-7,10H2;6H,3H2,1-2H3;1H3,(H,3,4);3H,2H2,1H3;1H;/q;;;;;;+1/p-1. The van der Waals surface area contributed by atoms with Crippen LogP contribution in [0.4, 0.5) is 0 Å². The molecule has 0 unspecified atom stereocenters. The molecule has 232 valence electrons. The molecule has 2 aromatic rings. The van der Waals surface area contributed by atoms with E-state index in [2.05, 4.69) is 21.9 Å². The molecule has 1 heterocycles. The number of nitrogens with one attached hydrogen (secondary N) is 1. The van der Waals surface area contributed by atoms with Crippen LogP contribution in [-0.4, -0.2) is 59.8 Å². The number of carboxylic acid groups (broad SMARTS) is 1. The predicted molar refractivity (Wildman–Crippen MR) is 166 cm³/mol. The Bertz CT molecular complexity index is 1140. The quantitative estimate of drug-likeness (QED) is 0.205. The molecule has 0 fully saturated rings. The van der Waals surface area contributed by atoms with Gasteiger partial charge in [-0.05, 0) is 31.9 Å². The fourth-order valence-electron chi connectivity index (χ4n) is 2.76. The molecule has 10 nitrogen and oxygen atoms in total. The van der Waals surface area contributed by atoms with Crippen LogP contribution in [0.5, 0.6) is 0 Å². The van der Waals surface area contributed by atoms with Crippen molar-refractivity contribution in [2.75, 3.05) is 19.8 Å². The van der Waals surface area contributed by atoms with Crippen molar-refractivity contribution in [2.45, 2.75) is 53.9 Å². The topological polar surface area (TPSA) is 183 Å². The number of carboxylic acids is 1. The maximum absolute atomic E-state index is 11.1. The Labute approximate surface area is 303 Å². The summed E-state index contributed by atoms with van der Waals surface area (Å²) in [7, 11) is 0. The van der Waals surface area contributed by atoms with Crippen molar-refractivity contribution in [3.05, 3.63) is 83.6 Å². The maximum atomic E-state index is 11.1. The molecule has 3 rings (SSSR count). The normalized spacial score (nSPS) is 10.1. The van der Waals surface area contributed by atoms with E-state index in [-0.39, 0.29) is 100 Å². The number of ether oxygens (including phenoxy) is 1. The number of benzene rings is 2. The van der Waals surface area contributed by atoms with Gasteiger partial charge in [0.2, 0.25) is 11.7 Å². The fraction of sp³-hybridized carbons (Fsp3) is 0.355. The van der Waals surface area contributed by atoms with Crippen molar-refractivity contribution in [3.8, 4) is 0 Å².